The zero-order valence-electron chi connectivity index (χ0n) is 24.1. The van der Waals surface area contributed by atoms with E-state index in [9.17, 15) is 14.0 Å². The SMILES string of the molecule is O=C(NC1CCC(Nc2ccc3ncc(C(=O)Nc4c(F)cncc4NC4CC4)n3n2)CC1)OCCCN1CCOCC1. The van der Waals surface area contributed by atoms with Crippen LogP contribution in [0.2, 0.25) is 0 Å². The van der Waals surface area contributed by atoms with Crippen molar-refractivity contribution in [2.24, 2.45) is 0 Å². The molecule has 3 aromatic rings. The number of hydrogen-bond donors (Lipinski definition) is 4. The quantitative estimate of drug-likeness (QED) is 0.244. The van der Waals surface area contributed by atoms with Gasteiger partial charge in [0.15, 0.2) is 17.2 Å². The summed E-state index contributed by atoms with van der Waals surface area (Å²) in [6.45, 7) is 4.69. The third kappa shape index (κ3) is 7.68. The monoisotopic (exact) mass is 595 g/mol. The highest BCUT2D eigenvalue weighted by Gasteiger charge is 2.26. The number of pyridine rings is 1. The second kappa shape index (κ2) is 13.5. The summed E-state index contributed by atoms with van der Waals surface area (Å²) in [5.41, 5.74) is 1.18. The third-order valence-corrected chi connectivity index (χ3v) is 8.03. The number of aromatic nitrogens is 4. The average molecular weight is 596 g/mol. The van der Waals surface area contributed by atoms with Crippen molar-refractivity contribution in [1.29, 1.82) is 0 Å². The Balaban J connectivity index is 0.981. The molecule has 0 atom stereocenters. The van der Waals surface area contributed by atoms with Crippen molar-refractivity contribution in [2.45, 2.75) is 63.1 Å². The second-order valence-corrected chi connectivity index (χ2v) is 11.3. The lowest BCUT2D eigenvalue weighted by Crippen LogP contribution is -2.41. The van der Waals surface area contributed by atoms with Gasteiger partial charge in [-0.15, -0.1) is 5.10 Å². The molecule has 14 heteroatoms. The van der Waals surface area contributed by atoms with E-state index in [0.29, 0.717) is 23.8 Å². The zero-order chi connectivity index (χ0) is 29.6. The topological polar surface area (TPSA) is 147 Å². The molecular weight excluding hydrogens is 557 g/mol. The summed E-state index contributed by atoms with van der Waals surface area (Å²) in [4.78, 5) is 36.0. The maximum atomic E-state index is 14.6. The Morgan fingerprint density at radius 3 is 2.51 bits per heavy atom. The Kier molecular flexibility index (Phi) is 9.13. The van der Waals surface area contributed by atoms with E-state index in [0.717, 1.165) is 84.0 Å². The fourth-order valence-corrected chi connectivity index (χ4v) is 5.48. The fraction of sp³-hybridized carbons (Fsp3) is 0.552. The first-order valence-electron chi connectivity index (χ1n) is 15.1. The lowest BCUT2D eigenvalue weighted by molar-refractivity contribution is 0.0344. The highest BCUT2D eigenvalue weighted by Crippen LogP contribution is 2.31. The van der Waals surface area contributed by atoms with Crippen molar-refractivity contribution in [2.75, 3.05) is 55.4 Å². The number of halogens is 1. The van der Waals surface area contributed by atoms with Crippen molar-refractivity contribution in [1.82, 2.24) is 29.8 Å². The minimum absolute atomic E-state index is 0.0540. The van der Waals surface area contributed by atoms with Gasteiger partial charge in [0, 0.05) is 37.8 Å². The van der Waals surface area contributed by atoms with Crippen LogP contribution < -0.4 is 21.3 Å². The standard InChI is InChI=1S/C29H38FN9O4/c30-22-16-31-17-23(33-19-2-3-19)27(22)36-28(40)24-18-32-26-9-8-25(37-39(24)26)34-20-4-6-21(7-5-20)35-29(41)43-13-1-10-38-11-14-42-15-12-38/h8-9,16-21,33H,1-7,10-15H2,(H,34,37)(H,35,41)(H,31,36,40). The molecule has 4 heterocycles. The van der Waals surface area contributed by atoms with Gasteiger partial charge in [0.1, 0.15) is 11.5 Å². The van der Waals surface area contributed by atoms with E-state index in [-0.39, 0.29) is 35.6 Å². The van der Waals surface area contributed by atoms with Crippen molar-refractivity contribution in [3.05, 3.63) is 42.2 Å². The van der Waals surface area contributed by atoms with Gasteiger partial charge in [-0.2, -0.15) is 0 Å². The van der Waals surface area contributed by atoms with Crippen LogP contribution in [0.1, 0.15) is 55.4 Å². The number of hydrogen-bond acceptors (Lipinski definition) is 10. The second-order valence-electron chi connectivity index (χ2n) is 11.3. The van der Waals surface area contributed by atoms with Gasteiger partial charge in [0.05, 0.1) is 44.1 Å². The number of ether oxygens (including phenoxy) is 2. The van der Waals surface area contributed by atoms with E-state index in [2.05, 4.69) is 41.2 Å². The minimum Gasteiger partial charge on any atom is -0.450 e. The van der Waals surface area contributed by atoms with Gasteiger partial charge < -0.3 is 30.7 Å². The molecule has 13 nitrogen and oxygen atoms in total. The molecule has 230 valence electrons. The fourth-order valence-electron chi connectivity index (χ4n) is 5.48. The first-order chi connectivity index (χ1) is 21.0. The number of morpholine rings is 1. The summed E-state index contributed by atoms with van der Waals surface area (Å²) in [6.07, 6.45) is 9.76. The van der Waals surface area contributed by atoms with Gasteiger partial charge in [-0.25, -0.2) is 18.7 Å². The van der Waals surface area contributed by atoms with Crippen LogP contribution in [0.15, 0.2) is 30.7 Å². The van der Waals surface area contributed by atoms with Crippen LogP contribution >= 0.6 is 0 Å². The molecule has 1 saturated heterocycles. The number of rotatable bonds is 11. The zero-order valence-corrected chi connectivity index (χ0v) is 24.1. The van der Waals surface area contributed by atoms with Crippen molar-refractivity contribution < 1.29 is 23.5 Å². The molecule has 0 aromatic carbocycles. The molecule has 2 saturated carbocycles. The number of imidazole rings is 1. The lowest BCUT2D eigenvalue weighted by Gasteiger charge is -2.29. The first kappa shape index (κ1) is 29.1. The summed E-state index contributed by atoms with van der Waals surface area (Å²) in [5, 5.41) is 16.9. The highest BCUT2D eigenvalue weighted by atomic mass is 19.1. The van der Waals surface area contributed by atoms with Crippen LogP contribution in [0, 0.1) is 5.82 Å². The van der Waals surface area contributed by atoms with Crippen molar-refractivity contribution in [3.63, 3.8) is 0 Å². The van der Waals surface area contributed by atoms with Crippen LogP contribution in [0.5, 0.6) is 0 Å². The molecule has 0 bridgehead atoms. The highest BCUT2D eigenvalue weighted by molar-refractivity contribution is 6.05. The largest absolute Gasteiger partial charge is 0.450 e. The number of amides is 2. The van der Waals surface area contributed by atoms with Gasteiger partial charge in [-0.1, -0.05) is 0 Å². The van der Waals surface area contributed by atoms with Crippen LogP contribution in [0.25, 0.3) is 5.65 Å². The Hall–Kier alpha value is -4.04. The molecule has 2 amide bonds. The van der Waals surface area contributed by atoms with Crippen LogP contribution in [0.4, 0.5) is 26.4 Å². The molecule has 1 aliphatic heterocycles. The molecule has 0 spiro atoms. The molecule has 2 aliphatic carbocycles. The molecule has 0 unspecified atom stereocenters. The van der Waals surface area contributed by atoms with E-state index in [1.807, 2.05) is 6.07 Å². The summed E-state index contributed by atoms with van der Waals surface area (Å²) >= 11 is 0. The van der Waals surface area contributed by atoms with E-state index in [4.69, 9.17) is 9.47 Å². The van der Waals surface area contributed by atoms with Crippen molar-refractivity contribution in [3.8, 4) is 0 Å². The summed E-state index contributed by atoms with van der Waals surface area (Å²) < 4.78 is 26.8. The predicted octanol–water partition coefficient (Wildman–Crippen LogP) is 3.26. The molecule has 3 fully saturated rings. The average Bonchev–Trinajstić information content (AvgIpc) is 3.74. The smallest absolute Gasteiger partial charge is 0.407 e. The van der Waals surface area contributed by atoms with E-state index in [1.54, 1.807) is 6.07 Å². The predicted molar refractivity (Wildman–Crippen MR) is 158 cm³/mol. The van der Waals surface area contributed by atoms with Gasteiger partial charge in [0.2, 0.25) is 0 Å². The number of nitrogens with zero attached hydrogens (tertiary/aromatic N) is 5. The number of fused-ring (bicyclic) bond motifs is 1. The number of carbonyl (C=O) groups excluding carboxylic acids is 2. The minimum atomic E-state index is -0.620. The lowest BCUT2D eigenvalue weighted by atomic mass is 9.91. The molecule has 6 rings (SSSR count). The summed E-state index contributed by atoms with van der Waals surface area (Å²) in [7, 11) is 0. The van der Waals surface area contributed by atoms with Gasteiger partial charge in [-0.3, -0.25) is 14.7 Å². The summed E-state index contributed by atoms with van der Waals surface area (Å²) in [6, 6.07) is 4.10. The number of carbonyl (C=O) groups is 2. The maximum absolute atomic E-state index is 14.6. The Labute approximate surface area is 248 Å². The molecule has 4 N–H and O–H groups in total. The molecule has 0 radical (unpaired) electrons. The van der Waals surface area contributed by atoms with Gasteiger partial charge in [-0.05, 0) is 57.1 Å². The van der Waals surface area contributed by atoms with Crippen LogP contribution in [-0.2, 0) is 9.47 Å². The molecule has 3 aromatic heterocycles. The summed E-state index contributed by atoms with van der Waals surface area (Å²) in [5.74, 6) is -0.548. The maximum Gasteiger partial charge on any atom is 0.407 e. The van der Waals surface area contributed by atoms with Gasteiger partial charge in [0.25, 0.3) is 5.91 Å². The number of alkyl carbamates (subject to hydrolysis) is 1. The Morgan fingerprint density at radius 1 is 0.977 bits per heavy atom. The number of nitrogens with one attached hydrogen (secondary N) is 4. The molecule has 43 heavy (non-hydrogen) atoms. The van der Waals surface area contributed by atoms with E-state index in [1.165, 1.54) is 16.9 Å². The van der Waals surface area contributed by atoms with Crippen LogP contribution in [-0.4, -0.2) is 94.1 Å². The van der Waals surface area contributed by atoms with Gasteiger partial charge >= 0.3 is 6.09 Å². The van der Waals surface area contributed by atoms with E-state index >= 15 is 0 Å². The van der Waals surface area contributed by atoms with Crippen LogP contribution in [0.3, 0.4) is 0 Å². The Bertz CT molecular complexity index is 1420. The molecular formula is C29H38FN9O4. The molecule has 3 aliphatic rings. The Morgan fingerprint density at radius 2 is 1.72 bits per heavy atom. The van der Waals surface area contributed by atoms with Crippen molar-refractivity contribution >= 4 is 34.8 Å². The number of anilines is 3. The van der Waals surface area contributed by atoms with E-state index < -0.39 is 11.7 Å². The third-order valence-electron chi connectivity index (χ3n) is 8.03. The first-order valence-corrected chi connectivity index (χ1v) is 15.1. The normalized spacial score (nSPS) is 20.9.